The molecule has 0 amide bonds. The van der Waals surface area contributed by atoms with Crippen molar-refractivity contribution in [3.63, 3.8) is 0 Å². The molecule has 0 atom stereocenters. The van der Waals surface area contributed by atoms with Crippen LogP contribution in [0.25, 0.3) is 0 Å². The van der Waals surface area contributed by atoms with Crippen molar-refractivity contribution >= 4 is 33.8 Å². The molecule has 0 fully saturated rings. The number of nitrogen functional groups attached to an aromatic ring is 1. The summed E-state index contributed by atoms with van der Waals surface area (Å²) in [6.45, 7) is 1.90. The molecule has 10 heteroatoms. The Bertz CT molecular complexity index is 698. The molecule has 9 nitrogen and oxygen atoms in total. The molecule has 2 aromatic rings. The van der Waals surface area contributed by atoms with Crippen LogP contribution < -0.4 is 11.3 Å². The summed E-state index contributed by atoms with van der Waals surface area (Å²) < 4.78 is 1.70. The number of aromatic nitrogens is 3. The maximum Gasteiger partial charge on any atom is 0.284 e. The van der Waals surface area contributed by atoms with E-state index in [0.717, 1.165) is 0 Å². The third-order valence-corrected chi connectivity index (χ3v) is 3.30. The molecule has 0 bridgehead atoms. The first kappa shape index (κ1) is 14.9. The van der Waals surface area contributed by atoms with Gasteiger partial charge in [0.2, 0.25) is 0 Å². The van der Waals surface area contributed by atoms with Crippen LogP contribution in [-0.4, -0.2) is 26.0 Å². The van der Waals surface area contributed by atoms with E-state index >= 15 is 0 Å². The maximum absolute atomic E-state index is 10.8. The number of halogens is 1. The van der Waals surface area contributed by atoms with E-state index in [1.807, 2.05) is 6.92 Å². The van der Waals surface area contributed by atoms with Crippen molar-refractivity contribution in [3.05, 3.63) is 44.2 Å². The molecule has 3 N–H and O–H groups in total. The summed E-state index contributed by atoms with van der Waals surface area (Å²) in [6.07, 6.45) is 2.08. The Labute approximate surface area is 128 Å². The quantitative estimate of drug-likeness (QED) is 0.364. The fraction of sp³-hybridized carbons (Fsp3) is 0.182. The summed E-state index contributed by atoms with van der Waals surface area (Å²) in [4.78, 5) is 10.4. The van der Waals surface area contributed by atoms with E-state index in [1.165, 1.54) is 17.0 Å². The van der Waals surface area contributed by atoms with Crippen molar-refractivity contribution in [1.82, 2.24) is 14.9 Å². The van der Waals surface area contributed by atoms with Crippen LogP contribution >= 0.6 is 15.9 Å². The summed E-state index contributed by atoms with van der Waals surface area (Å²) in [5, 5.41) is 22.5. The summed E-state index contributed by atoms with van der Waals surface area (Å²) in [5.41, 5.74) is 3.16. The smallest absolute Gasteiger partial charge is 0.284 e. The fourth-order valence-corrected chi connectivity index (χ4v) is 1.95. The summed E-state index contributed by atoms with van der Waals surface area (Å²) in [6, 6.07) is 4.67. The second-order valence-electron chi connectivity index (χ2n) is 4.00. The monoisotopic (exact) mass is 353 g/mol. The van der Waals surface area contributed by atoms with E-state index in [1.54, 1.807) is 12.1 Å². The van der Waals surface area contributed by atoms with Gasteiger partial charge in [-0.1, -0.05) is 13.0 Å². The molecule has 1 heterocycles. The van der Waals surface area contributed by atoms with Crippen LogP contribution in [0.4, 0.5) is 11.6 Å². The van der Waals surface area contributed by atoms with Crippen LogP contribution in [0.5, 0.6) is 0 Å². The third kappa shape index (κ3) is 3.34. The minimum Gasteiger partial charge on any atom is -0.335 e. The van der Waals surface area contributed by atoms with Gasteiger partial charge in [-0.2, -0.15) is 5.10 Å². The van der Waals surface area contributed by atoms with Crippen LogP contribution in [0.1, 0.15) is 18.3 Å². The van der Waals surface area contributed by atoms with E-state index in [9.17, 15) is 10.1 Å². The number of nitro benzene ring substituents is 1. The molecule has 0 saturated heterocycles. The molecule has 0 saturated carbocycles. The average molecular weight is 354 g/mol. The Morgan fingerprint density at radius 2 is 2.33 bits per heavy atom. The van der Waals surface area contributed by atoms with Crippen molar-refractivity contribution in [3.8, 4) is 0 Å². The van der Waals surface area contributed by atoms with Gasteiger partial charge in [-0.15, -0.1) is 10.2 Å². The van der Waals surface area contributed by atoms with Crippen LogP contribution in [0.15, 0.2) is 27.8 Å². The van der Waals surface area contributed by atoms with E-state index < -0.39 is 4.92 Å². The zero-order chi connectivity index (χ0) is 15.4. The van der Waals surface area contributed by atoms with Crippen LogP contribution in [0.3, 0.4) is 0 Å². The number of anilines is 1. The van der Waals surface area contributed by atoms with E-state index in [-0.39, 0.29) is 11.6 Å². The highest BCUT2D eigenvalue weighted by molar-refractivity contribution is 9.10. The van der Waals surface area contributed by atoms with Gasteiger partial charge in [0, 0.05) is 18.1 Å². The molecule has 21 heavy (non-hydrogen) atoms. The van der Waals surface area contributed by atoms with Crippen molar-refractivity contribution in [2.45, 2.75) is 13.3 Å². The molecule has 0 aliphatic carbocycles. The Morgan fingerprint density at radius 1 is 1.57 bits per heavy atom. The molecule has 0 aliphatic heterocycles. The van der Waals surface area contributed by atoms with E-state index in [0.29, 0.717) is 22.3 Å². The molecule has 0 spiro atoms. The molecule has 110 valence electrons. The Hall–Kier alpha value is -2.49. The van der Waals surface area contributed by atoms with Crippen molar-refractivity contribution in [2.75, 3.05) is 11.3 Å². The second-order valence-corrected chi connectivity index (χ2v) is 4.86. The summed E-state index contributed by atoms with van der Waals surface area (Å²) in [7, 11) is 0. The Kier molecular flexibility index (Phi) is 4.48. The minimum atomic E-state index is -0.473. The van der Waals surface area contributed by atoms with Crippen LogP contribution in [0.2, 0.25) is 0 Å². The zero-order valence-corrected chi connectivity index (χ0v) is 12.6. The number of nitrogens with zero attached hydrogens (tertiary/aromatic N) is 5. The van der Waals surface area contributed by atoms with E-state index in [4.69, 9.17) is 5.84 Å². The zero-order valence-electron chi connectivity index (χ0n) is 11.0. The van der Waals surface area contributed by atoms with Gasteiger partial charge in [0.05, 0.1) is 15.6 Å². The molecule has 2 rings (SSSR count). The highest BCUT2D eigenvalue weighted by Crippen LogP contribution is 2.24. The third-order valence-electron chi connectivity index (χ3n) is 2.63. The van der Waals surface area contributed by atoms with Crippen LogP contribution in [0, 0.1) is 10.1 Å². The number of nitrogens with two attached hydrogens (primary N) is 1. The van der Waals surface area contributed by atoms with Gasteiger partial charge < -0.3 is 5.84 Å². The van der Waals surface area contributed by atoms with Crippen molar-refractivity contribution in [2.24, 2.45) is 5.10 Å². The lowest BCUT2D eigenvalue weighted by Crippen LogP contribution is -2.14. The largest absolute Gasteiger partial charge is 0.335 e. The first-order valence-corrected chi connectivity index (χ1v) is 6.74. The SMILES string of the molecule is CCc1nnc(N/N=C\c2ccc(Br)c([N+](=O)[O-])c2)n1N. The molecule has 1 aromatic heterocycles. The van der Waals surface area contributed by atoms with Gasteiger partial charge in [0.1, 0.15) is 0 Å². The molecule has 0 aliphatic rings. The fourth-order valence-electron chi connectivity index (χ4n) is 1.56. The summed E-state index contributed by atoms with van der Waals surface area (Å²) >= 11 is 3.12. The highest BCUT2D eigenvalue weighted by Gasteiger charge is 2.11. The molecule has 0 unspecified atom stereocenters. The van der Waals surface area contributed by atoms with Crippen molar-refractivity contribution in [1.29, 1.82) is 0 Å². The predicted molar refractivity (Wildman–Crippen MR) is 81.6 cm³/mol. The normalized spacial score (nSPS) is 11.0. The first-order chi connectivity index (χ1) is 10.0. The number of benzene rings is 1. The van der Waals surface area contributed by atoms with Crippen LogP contribution in [-0.2, 0) is 6.42 Å². The maximum atomic E-state index is 10.8. The molecule has 0 radical (unpaired) electrons. The van der Waals surface area contributed by atoms with Gasteiger partial charge >= 0.3 is 0 Å². The Balaban J connectivity index is 2.12. The number of nitro groups is 1. The number of aryl methyl sites for hydroxylation is 1. The topological polar surface area (TPSA) is 124 Å². The number of hydrogen-bond acceptors (Lipinski definition) is 7. The second kappa shape index (κ2) is 6.31. The predicted octanol–water partition coefficient (Wildman–Crippen LogP) is 1.67. The van der Waals surface area contributed by atoms with Gasteiger partial charge in [-0.05, 0) is 22.0 Å². The lowest BCUT2D eigenvalue weighted by molar-refractivity contribution is -0.385. The van der Waals surface area contributed by atoms with Gasteiger partial charge in [-0.3, -0.25) is 10.1 Å². The van der Waals surface area contributed by atoms with Gasteiger partial charge in [0.25, 0.3) is 11.6 Å². The summed E-state index contributed by atoms with van der Waals surface area (Å²) in [5.74, 6) is 6.64. The number of hydrogen-bond donors (Lipinski definition) is 2. The van der Waals surface area contributed by atoms with Gasteiger partial charge in [0.15, 0.2) is 5.82 Å². The number of nitrogens with one attached hydrogen (secondary N) is 1. The lowest BCUT2D eigenvalue weighted by atomic mass is 10.2. The standard InChI is InChI=1S/C11H12BrN7O2/c1-2-10-15-17-11(18(10)13)16-14-6-7-3-4-8(12)9(5-7)19(20)21/h3-6H,2,13H2,1H3,(H,16,17)/b14-6-. The first-order valence-electron chi connectivity index (χ1n) is 5.95. The Morgan fingerprint density at radius 3 is 2.95 bits per heavy atom. The van der Waals surface area contributed by atoms with E-state index in [2.05, 4.69) is 36.7 Å². The average Bonchev–Trinajstić information content (AvgIpc) is 2.81. The van der Waals surface area contributed by atoms with Gasteiger partial charge in [-0.25, -0.2) is 10.1 Å². The minimum absolute atomic E-state index is 0.0331. The highest BCUT2D eigenvalue weighted by atomic mass is 79.9. The molecular weight excluding hydrogens is 342 g/mol. The molecule has 1 aromatic carbocycles. The number of rotatable bonds is 5. The number of hydrazone groups is 1. The lowest BCUT2D eigenvalue weighted by Gasteiger charge is -2.01. The van der Waals surface area contributed by atoms with Crippen molar-refractivity contribution < 1.29 is 4.92 Å². The molecular formula is C11H12BrN7O2.